The smallest absolute Gasteiger partial charge is 0.275 e. The number of aryl methyl sites for hydroxylation is 2. The van der Waals surface area contributed by atoms with Gasteiger partial charge in [-0.1, -0.05) is 22.9 Å². The van der Waals surface area contributed by atoms with Crippen molar-refractivity contribution in [1.82, 2.24) is 29.6 Å². The van der Waals surface area contributed by atoms with E-state index >= 15 is 0 Å². The molecule has 0 aromatic carbocycles. The number of hydrogen-bond donors (Lipinski definition) is 2. The number of aromatic hydroxyl groups is 1. The minimum absolute atomic E-state index is 0.0907. The molecule has 2 N–H and O–H groups in total. The summed E-state index contributed by atoms with van der Waals surface area (Å²) in [5.74, 6) is -0.316. The summed E-state index contributed by atoms with van der Waals surface area (Å²) in [6.07, 6.45) is 3.00. The summed E-state index contributed by atoms with van der Waals surface area (Å²) in [4.78, 5) is 41.3. The summed E-state index contributed by atoms with van der Waals surface area (Å²) in [7, 11) is 3.07. The Morgan fingerprint density at radius 2 is 1.97 bits per heavy atom. The van der Waals surface area contributed by atoms with Crippen molar-refractivity contribution in [2.75, 3.05) is 12.4 Å². The van der Waals surface area contributed by atoms with Gasteiger partial charge in [0.25, 0.3) is 11.8 Å². The third-order valence-electron chi connectivity index (χ3n) is 5.66. The van der Waals surface area contributed by atoms with Crippen LogP contribution in [-0.2, 0) is 20.1 Å². The minimum atomic E-state index is -0.392. The molecule has 4 aromatic heterocycles. The van der Waals surface area contributed by atoms with Crippen LogP contribution in [0.5, 0.6) is 11.6 Å². The standard InChI is InChI=1S/C23H20ClN7O4S/c1-11-4-12(13-5-19(24)26-8-17(13)35-3)14(7-25-11)21(33)28-23-27-16-9-31(10-18(16)36-23)22(34)15-6-20(32)30(2)29-15/h4-8,32H,9-10H2,1-3H3,(H,27,28,33). The number of halogens is 1. The Kier molecular flexibility index (Phi) is 6.06. The van der Waals surface area contributed by atoms with Crippen molar-refractivity contribution in [3.8, 4) is 22.8 Å². The summed E-state index contributed by atoms with van der Waals surface area (Å²) in [6, 6.07) is 4.74. The molecule has 5 heterocycles. The van der Waals surface area contributed by atoms with Crippen molar-refractivity contribution in [2.24, 2.45) is 7.05 Å². The Labute approximate surface area is 214 Å². The summed E-state index contributed by atoms with van der Waals surface area (Å²) < 4.78 is 6.65. The number of amides is 2. The first-order chi connectivity index (χ1) is 17.2. The molecule has 0 unspecified atom stereocenters. The number of carbonyl (C=O) groups is 2. The molecule has 0 radical (unpaired) electrons. The van der Waals surface area contributed by atoms with Gasteiger partial charge >= 0.3 is 0 Å². The highest BCUT2D eigenvalue weighted by atomic mass is 35.5. The lowest BCUT2D eigenvalue weighted by atomic mass is 10.0. The first-order valence-electron chi connectivity index (χ1n) is 10.7. The zero-order valence-electron chi connectivity index (χ0n) is 19.4. The number of nitrogens with one attached hydrogen (secondary N) is 1. The third-order valence-corrected chi connectivity index (χ3v) is 6.87. The van der Waals surface area contributed by atoms with E-state index in [9.17, 15) is 14.7 Å². The van der Waals surface area contributed by atoms with Crippen molar-refractivity contribution < 1.29 is 19.4 Å². The highest BCUT2D eigenvalue weighted by Gasteiger charge is 2.30. The fourth-order valence-corrected chi connectivity index (χ4v) is 5.02. The van der Waals surface area contributed by atoms with Crippen LogP contribution in [0.4, 0.5) is 5.13 Å². The van der Waals surface area contributed by atoms with Crippen LogP contribution in [0.3, 0.4) is 0 Å². The molecule has 36 heavy (non-hydrogen) atoms. The molecular formula is C23H20ClN7O4S. The van der Waals surface area contributed by atoms with E-state index in [0.717, 1.165) is 10.6 Å². The number of anilines is 1. The maximum absolute atomic E-state index is 13.3. The Hall–Kier alpha value is -4.03. The van der Waals surface area contributed by atoms with Crippen LogP contribution in [0, 0.1) is 6.92 Å². The number of fused-ring (bicyclic) bond motifs is 1. The minimum Gasteiger partial charge on any atom is -0.494 e. The lowest BCUT2D eigenvalue weighted by molar-refractivity contribution is 0.0744. The number of rotatable bonds is 5. The topological polar surface area (TPSA) is 135 Å². The normalized spacial score (nSPS) is 12.5. The van der Waals surface area contributed by atoms with Crippen LogP contribution >= 0.6 is 22.9 Å². The van der Waals surface area contributed by atoms with Gasteiger partial charge in [-0.25, -0.2) is 14.6 Å². The van der Waals surface area contributed by atoms with Gasteiger partial charge in [0.15, 0.2) is 10.8 Å². The number of ether oxygens (including phenoxy) is 1. The molecule has 184 valence electrons. The number of pyridine rings is 2. The maximum atomic E-state index is 13.3. The van der Waals surface area contributed by atoms with Gasteiger partial charge in [0.2, 0.25) is 5.88 Å². The number of carbonyl (C=O) groups excluding carboxylic acids is 2. The van der Waals surface area contributed by atoms with Crippen LogP contribution in [0.2, 0.25) is 5.15 Å². The average molecular weight is 526 g/mol. The quantitative estimate of drug-likeness (QED) is 0.378. The van der Waals surface area contributed by atoms with Crippen LogP contribution in [0.1, 0.15) is 37.1 Å². The second-order valence-electron chi connectivity index (χ2n) is 8.09. The number of hydrogen-bond acceptors (Lipinski definition) is 9. The number of thiazole rings is 1. The average Bonchev–Trinajstić information content (AvgIpc) is 3.51. The first-order valence-corrected chi connectivity index (χ1v) is 11.9. The van der Waals surface area contributed by atoms with Gasteiger partial charge in [-0.15, -0.1) is 0 Å². The predicted molar refractivity (Wildman–Crippen MR) is 132 cm³/mol. The zero-order chi connectivity index (χ0) is 25.6. The molecule has 1 aliphatic heterocycles. The van der Waals surface area contributed by atoms with Crippen LogP contribution < -0.4 is 10.1 Å². The Morgan fingerprint density at radius 3 is 2.67 bits per heavy atom. The van der Waals surface area contributed by atoms with E-state index in [2.05, 4.69) is 25.4 Å². The highest BCUT2D eigenvalue weighted by Crippen LogP contribution is 2.35. The van der Waals surface area contributed by atoms with Gasteiger partial charge in [0.1, 0.15) is 10.9 Å². The summed E-state index contributed by atoms with van der Waals surface area (Å²) in [5.41, 5.74) is 3.11. The van der Waals surface area contributed by atoms with Gasteiger partial charge < -0.3 is 14.7 Å². The van der Waals surface area contributed by atoms with Crippen molar-refractivity contribution in [3.05, 3.63) is 63.3 Å². The van der Waals surface area contributed by atoms with Crippen molar-refractivity contribution in [1.29, 1.82) is 0 Å². The highest BCUT2D eigenvalue weighted by molar-refractivity contribution is 7.16. The van der Waals surface area contributed by atoms with Crippen LogP contribution in [-0.4, -0.2) is 53.7 Å². The lowest BCUT2D eigenvalue weighted by Crippen LogP contribution is -2.26. The molecule has 4 aromatic rings. The summed E-state index contributed by atoms with van der Waals surface area (Å²) >= 11 is 7.41. The second-order valence-corrected chi connectivity index (χ2v) is 9.57. The van der Waals surface area contributed by atoms with Crippen LogP contribution in [0.25, 0.3) is 11.1 Å². The lowest BCUT2D eigenvalue weighted by Gasteiger charge is -2.14. The fraction of sp³-hybridized carbons (Fsp3) is 0.217. The third kappa shape index (κ3) is 4.36. The van der Waals surface area contributed by atoms with Gasteiger partial charge in [-0.05, 0) is 19.1 Å². The van der Waals surface area contributed by atoms with E-state index in [1.165, 1.54) is 41.6 Å². The molecule has 0 fully saturated rings. The fourth-order valence-electron chi connectivity index (χ4n) is 3.88. The van der Waals surface area contributed by atoms with E-state index in [4.69, 9.17) is 16.3 Å². The van der Waals surface area contributed by atoms with Crippen LogP contribution in [0.15, 0.2) is 30.6 Å². The summed E-state index contributed by atoms with van der Waals surface area (Å²) in [5, 5.41) is 17.2. The van der Waals surface area contributed by atoms with Gasteiger partial charge in [-0.2, -0.15) is 5.10 Å². The zero-order valence-corrected chi connectivity index (χ0v) is 21.0. The van der Waals surface area contributed by atoms with Crippen molar-refractivity contribution >= 4 is 39.9 Å². The molecule has 0 atom stereocenters. The molecule has 2 amide bonds. The van der Waals surface area contributed by atoms with Gasteiger partial charge in [-0.3, -0.25) is 19.9 Å². The molecule has 1 aliphatic rings. The van der Waals surface area contributed by atoms with E-state index in [-0.39, 0.29) is 29.2 Å². The number of methoxy groups -OCH3 is 1. The first kappa shape index (κ1) is 23.7. The molecule has 11 nitrogen and oxygen atoms in total. The van der Waals surface area contributed by atoms with Crippen molar-refractivity contribution in [3.63, 3.8) is 0 Å². The monoisotopic (exact) mass is 525 g/mol. The van der Waals surface area contributed by atoms with E-state index in [1.807, 2.05) is 6.92 Å². The van der Waals surface area contributed by atoms with E-state index in [0.29, 0.717) is 39.8 Å². The molecule has 0 spiro atoms. The molecule has 5 rings (SSSR count). The number of aromatic nitrogens is 5. The second kappa shape index (κ2) is 9.21. The van der Waals surface area contributed by atoms with E-state index < -0.39 is 5.91 Å². The number of nitrogens with zero attached hydrogens (tertiary/aromatic N) is 6. The van der Waals surface area contributed by atoms with Gasteiger partial charge in [0.05, 0.1) is 42.5 Å². The maximum Gasteiger partial charge on any atom is 0.275 e. The molecule has 0 saturated carbocycles. The molecule has 13 heteroatoms. The Bertz CT molecular complexity index is 1470. The van der Waals surface area contributed by atoms with Gasteiger partial charge in [0, 0.05) is 36.1 Å². The Morgan fingerprint density at radius 1 is 1.17 bits per heavy atom. The summed E-state index contributed by atoms with van der Waals surface area (Å²) in [6.45, 7) is 2.44. The predicted octanol–water partition coefficient (Wildman–Crippen LogP) is 3.42. The van der Waals surface area contributed by atoms with Crippen molar-refractivity contribution in [2.45, 2.75) is 20.0 Å². The van der Waals surface area contributed by atoms with E-state index in [1.54, 1.807) is 24.1 Å². The largest absolute Gasteiger partial charge is 0.494 e. The molecule has 0 saturated heterocycles. The SMILES string of the molecule is COc1cnc(Cl)cc1-c1cc(C)ncc1C(=O)Nc1nc2c(s1)CN(C(=O)c1cc(O)n(C)n1)C2. The Balaban J connectivity index is 1.36. The molecule has 0 bridgehead atoms. The molecular weight excluding hydrogens is 506 g/mol. The molecule has 0 aliphatic carbocycles.